The smallest absolute Gasteiger partial charge is 0.0355 e. The average molecular weight is 443 g/mol. The fourth-order valence-corrected chi connectivity index (χ4v) is 5.16. The monoisotopic (exact) mass is 442 g/mol. The van der Waals surface area contributed by atoms with Crippen LogP contribution in [0.5, 0.6) is 0 Å². The third-order valence-electron chi connectivity index (χ3n) is 6.59. The van der Waals surface area contributed by atoms with E-state index >= 15 is 0 Å². The molecule has 1 fully saturated rings. The number of halogens is 2. The lowest BCUT2D eigenvalue weighted by Gasteiger charge is -2.36. The highest BCUT2D eigenvalue weighted by molar-refractivity contribution is 6.23. The van der Waals surface area contributed by atoms with Crippen LogP contribution >= 0.6 is 24.8 Å². The second kappa shape index (κ2) is 10.2. The zero-order valence-corrected chi connectivity index (χ0v) is 19.3. The topological polar surface area (TPSA) is 15.3 Å². The van der Waals surface area contributed by atoms with Crippen molar-refractivity contribution in [2.75, 3.05) is 26.2 Å². The number of rotatable bonds is 6. The first kappa shape index (κ1) is 23.1. The zero-order chi connectivity index (χ0) is 18.9. The molecule has 1 aliphatic heterocycles. The van der Waals surface area contributed by atoms with Crippen LogP contribution in [0, 0.1) is 0 Å². The van der Waals surface area contributed by atoms with E-state index in [0.717, 1.165) is 26.2 Å². The van der Waals surface area contributed by atoms with Crippen molar-refractivity contribution in [1.82, 2.24) is 10.2 Å². The highest BCUT2D eigenvalue weighted by atomic mass is 35.5. The van der Waals surface area contributed by atoms with Gasteiger partial charge < -0.3 is 5.32 Å². The van der Waals surface area contributed by atoms with Crippen LogP contribution in [0.2, 0.25) is 0 Å². The summed E-state index contributed by atoms with van der Waals surface area (Å²) in [6, 6.07) is 21.3. The Balaban J connectivity index is 0.00000128. The summed E-state index contributed by atoms with van der Waals surface area (Å²) in [4.78, 5) is 2.72. The molecule has 0 unspecified atom stereocenters. The van der Waals surface area contributed by atoms with E-state index in [4.69, 9.17) is 0 Å². The van der Waals surface area contributed by atoms with Gasteiger partial charge in [-0.2, -0.15) is 0 Å². The van der Waals surface area contributed by atoms with Crippen LogP contribution in [-0.4, -0.2) is 31.1 Å². The summed E-state index contributed by atoms with van der Waals surface area (Å²) >= 11 is 0. The van der Waals surface area contributed by atoms with E-state index in [0.29, 0.717) is 6.04 Å². The molecule has 4 aromatic carbocycles. The van der Waals surface area contributed by atoms with Crippen molar-refractivity contribution in [3.8, 4) is 0 Å². The molecule has 0 bridgehead atoms. The molecular formula is C26H32Cl2N2. The van der Waals surface area contributed by atoms with Crippen LogP contribution in [0.3, 0.4) is 0 Å². The summed E-state index contributed by atoms with van der Waals surface area (Å²) in [5, 5.41) is 12.0. The molecule has 4 heteroatoms. The first-order chi connectivity index (χ1) is 13.9. The Morgan fingerprint density at radius 1 is 0.800 bits per heavy atom. The summed E-state index contributed by atoms with van der Waals surface area (Å²) in [5.74, 6) is 0. The summed E-state index contributed by atoms with van der Waals surface area (Å²) in [6.45, 7) is 6.82. The maximum absolute atomic E-state index is 3.52. The molecule has 1 heterocycles. The number of nitrogens with one attached hydrogen (secondary N) is 1. The lowest BCUT2D eigenvalue weighted by Crippen LogP contribution is -2.45. The number of hydrogen-bond donors (Lipinski definition) is 1. The molecule has 0 radical (unpaired) electrons. The second-order valence-electron chi connectivity index (χ2n) is 8.31. The number of piperazine rings is 1. The van der Waals surface area contributed by atoms with Crippen LogP contribution in [0.4, 0.5) is 0 Å². The Bertz CT molecular complexity index is 1070. The molecule has 5 rings (SSSR count). The largest absolute Gasteiger partial charge is 0.314 e. The zero-order valence-electron chi connectivity index (χ0n) is 17.7. The molecule has 0 aromatic heterocycles. The summed E-state index contributed by atoms with van der Waals surface area (Å²) in [7, 11) is 0. The number of unbranched alkanes of at least 4 members (excludes halogenated alkanes) is 2. The van der Waals surface area contributed by atoms with E-state index in [-0.39, 0.29) is 24.8 Å². The minimum Gasteiger partial charge on any atom is -0.314 e. The third-order valence-corrected chi connectivity index (χ3v) is 6.59. The molecular weight excluding hydrogens is 411 g/mol. The van der Waals surface area contributed by atoms with Gasteiger partial charge in [0.05, 0.1) is 0 Å². The van der Waals surface area contributed by atoms with Gasteiger partial charge in [-0.15, -0.1) is 24.8 Å². The molecule has 1 atom stereocenters. The van der Waals surface area contributed by atoms with Crippen molar-refractivity contribution in [3.05, 3.63) is 60.2 Å². The first-order valence-electron chi connectivity index (χ1n) is 11.0. The Kier molecular flexibility index (Phi) is 7.81. The van der Waals surface area contributed by atoms with Gasteiger partial charge >= 0.3 is 0 Å². The first-order valence-corrected chi connectivity index (χ1v) is 11.0. The van der Waals surface area contributed by atoms with Gasteiger partial charge in [0.25, 0.3) is 0 Å². The fraction of sp³-hybridized carbons (Fsp3) is 0.385. The van der Waals surface area contributed by atoms with Gasteiger partial charge in [0.1, 0.15) is 0 Å². The lowest BCUT2D eigenvalue weighted by molar-refractivity contribution is 0.164. The van der Waals surface area contributed by atoms with E-state index in [1.807, 2.05) is 0 Å². The third kappa shape index (κ3) is 4.11. The maximum Gasteiger partial charge on any atom is 0.0355 e. The van der Waals surface area contributed by atoms with E-state index in [1.54, 1.807) is 0 Å². The SMILES string of the molecule is CCCCC[C@H](c1ccc2ccc3cccc4ccc1c2c34)N1CCNCC1.Cl.Cl. The van der Waals surface area contributed by atoms with Gasteiger partial charge in [-0.25, -0.2) is 0 Å². The average Bonchev–Trinajstić information content (AvgIpc) is 2.76. The Hall–Kier alpha value is -1.58. The Morgan fingerprint density at radius 3 is 2.13 bits per heavy atom. The normalized spacial score (nSPS) is 15.9. The molecule has 0 saturated carbocycles. The standard InChI is InChI=1S/C26H30N2.2ClH/c1-2-3-4-8-24(28-17-15-27-16-18-28)22-13-11-21-10-9-19-6-5-7-20-12-14-23(22)26(21)25(19)20;;/h5-7,9-14,24,27H,2-4,8,15-18H2,1H3;2*1H/t24-;;/m1../s1. The molecule has 0 amide bonds. The van der Waals surface area contributed by atoms with Crippen molar-refractivity contribution >= 4 is 57.1 Å². The maximum atomic E-state index is 3.52. The van der Waals surface area contributed by atoms with Crippen molar-refractivity contribution in [3.63, 3.8) is 0 Å². The minimum atomic E-state index is 0. The molecule has 1 saturated heterocycles. The van der Waals surface area contributed by atoms with Gasteiger partial charge in [0.15, 0.2) is 0 Å². The summed E-state index contributed by atoms with van der Waals surface area (Å²) < 4.78 is 0. The molecule has 1 N–H and O–H groups in total. The van der Waals surface area contributed by atoms with Crippen molar-refractivity contribution in [2.45, 2.75) is 38.6 Å². The van der Waals surface area contributed by atoms with Gasteiger partial charge in [0.2, 0.25) is 0 Å². The molecule has 4 aromatic rings. The minimum absolute atomic E-state index is 0. The van der Waals surface area contributed by atoms with Crippen LogP contribution in [-0.2, 0) is 0 Å². The van der Waals surface area contributed by atoms with Gasteiger partial charge in [-0.3, -0.25) is 4.90 Å². The predicted molar refractivity (Wildman–Crippen MR) is 136 cm³/mol. The van der Waals surface area contributed by atoms with Crippen LogP contribution in [0.1, 0.15) is 44.2 Å². The van der Waals surface area contributed by atoms with Gasteiger partial charge in [-0.05, 0) is 44.3 Å². The summed E-state index contributed by atoms with van der Waals surface area (Å²) in [6.07, 6.45) is 5.19. The molecule has 30 heavy (non-hydrogen) atoms. The van der Waals surface area contributed by atoms with Crippen LogP contribution in [0.15, 0.2) is 54.6 Å². The Labute approximate surface area is 192 Å². The van der Waals surface area contributed by atoms with Crippen molar-refractivity contribution < 1.29 is 0 Å². The number of nitrogens with zero attached hydrogens (tertiary/aromatic N) is 1. The highest BCUT2D eigenvalue weighted by Gasteiger charge is 2.24. The van der Waals surface area contributed by atoms with Crippen molar-refractivity contribution in [2.24, 2.45) is 0 Å². The molecule has 2 nitrogen and oxygen atoms in total. The molecule has 0 spiro atoms. The number of hydrogen-bond acceptors (Lipinski definition) is 2. The van der Waals surface area contributed by atoms with Gasteiger partial charge in [-0.1, -0.05) is 80.8 Å². The van der Waals surface area contributed by atoms with Crippen LogP contribution in [0.25, 0.3) is 32.3 Å². The fourth-order valence-electron chi connectivity index (χ4n) is 5.16. The van der Waals surface area contributed by atoms with E-state index in [2.05, 4.69) is 71.7 Å². The van der Waals surface area contributed by atoms with Crippen LogP contribution < -0.4 is 5.32 Å². The molecule has 160 valence electrons. The predicted octanol–water partition coefficient (Wildman–Crippen LogP) is 6.95. The quantitative estimate of drug-likeness (QED) is 0.256. The van der Waals surface area contributed by atoms with E-state index in [1.165, 1.54) is 63.6 Å². The van der Waals surface area contributed by atoms with Crippen molar-refractivity contribution in [1.29, 1.82) is 0 Å². The van der Waals surface area contributed by atoms with Gasteiger partial charge in [0, 0.05) is 32.2 Å². The lowest BCUT2D eigenvalue weighted by atomic mass is 9.88. The summed E-state index contributed by atoms with van der Waals surface area (Å²) in [5.41, 5.74) is 1.53. The van der Waals surface area contributed by atoms with E-state index in [9.17, 15) is 0 Å². The molecule has 1 aliphatic rings. The highest BCUT2D eigenvalue weighted by Crippen LogP contribution is 2.40. The number of benzene rings is 4. The van der Waals surface area contributed by atoms with E-state index < -0.39 is 0 Å². The second-order valence-corrected chi connectivity index (χ2v) is 8.31. The Morgan fingerprint density at radius 2 is 1.43 bits per heavy atom. The molecule has 0 aliphatic carbocycles.